The number of esters is 1. The van der Waals surface area contributed by atoms with Crippen LogP contribution in [0.1, 0.15) is 101 Å². The van der Waals surface area contributed by atoms with Crippen molar-refractivity contribution in [3.8, 4) is 34.1 Å². The molecule has 406 valence electrons. The van der Waals surface area contributed by atoms with Crippen LogP contribution in [0.5, 0.6) is 11.5 Å². The standard InChI is InChI=1S/C52H66N12O11S/c1-6-52(71)36-20-40-46-34(25-64(40)49(69)35(36)27-73-50(52)70)32(33-19-41-42(75-29-74-41)21-38(33)57-46)13-12-18-72-28-56-44(66)24-53-47(67)37(14-9-11-16-62(4)5)58-48(68)45(30(2)3)59-43(65)15-8-7-10-17-63-26-39(60-61-63)31-22-54-51(76)55-23-31/h19-23,26,30,37,45,71H,6-18,24-25,27-29H2,1-5H3,(H,53,67)(H,56,66)(H,58,68)(H,59,65)(H,54,55,76)/t37-,45-,52-/m0/s1. The average Bonchev–Trinajstić information content (AvgIpc) is 4.21. The summed E-state index contributed by atoms with van der Waals surface area (Å²) in [4.78, 5) is 94.0. The monoisotopic (exact) mass is 1070 g/mol. The number of carbonyl (C=O) groups is 5. The fourth-order valence-electron chi connectivity index (χ4n) is 9.59. The molecule has 8 rings (SSSR count). The summed E-state index contributed by atoms with van der Waals surface area (Å²) in [5.74, 6) is -1.76. The lowest BCUT2D eigenvalue weighted by molar-refractivity contribution is -0.172. The van der Waals surface area contributed by atoms with E-state index in [4.69, 9.17) is 36.1 Å². The predicted molar refractivity (Wildman–Crippen MR) is 279 cm³/mol. The first-order valence-electron chi connectivity index (χ1n) is 25.8. The number of ether oxygens (including phenoxy) is 4. The molecule has 76 heavy (non-hydrogen) atoms. The fraction of sp³-hybridized carbons (Fsp3) is 0.519. The zero-order valence-electron chi connectivity index (χ0n) is 43.5. The van der Waals surface area contributed by atoms with Gasteiger partial charge in [0, 0.05) is 60.1 Å². The molecule has 0 saturated heterocycles. The number of H-pyrrole nitrogens is 1. The third-order valence-corrected chi connectivity index (χ3v) is 14.1. The molecule has 0 saturated carbocycles. The van der Waals surface area contributed by atoms with Gasteiger partial charge < -0.3 is 59.8 Å². The maximum atomic E-state index is 13.9. The fourth-order valence-corrected chi connectivity index (χ4v) is 9.70. The number of benzene rings is 1. The third-order valence-electron chi connectivity index (χ3n) is 13.9. The molecule has 0 unspecified atom stereocenters. The summed E-state index contributed by atoms with van der Waals surface area (Å²) in [6.45, 7) is 6.47. The van der Waals surface area contributed by atoms with Crippen molar-refractivity contribution in [3.63, 3.8) is 0 Å². The van der Waals surface area contributed by atoms with E-state index in [1.54, 1.807) is 40.7 Å². The minimum Gasteiger partial charge on any atom is -0.458 e. The van der Waals surface area contributed by atoms with E-state index in [0.717, 1.165) is 47.9 Å². The van der Waals surface area contributed by atoms with E-state index in [1.165, 1.54) is 0 Å². The average molecular weight is 1070 g/mol. The van der Waals surface area contributed by atoms with Gasteiger partial charge in [-0.05, 0) is 108 Å². The van der Waals surface area contributed by atoms with E-state index < -0.39 is 41.4 Å². The van der Waals surface area contributed by atoms with Gasteiger partial charge in [-0.25, -0.2) is 14.8 Å². The molecule has 0 fully saturated rings. The number of aromatic nitrogens is 7. The van der Waals surface area contributed by atoms with Crippen molar-refractivity contribution in [1.82, 2.24) is 60.7 Å². The van der Waals surface area contributed by atoms with Gasteiger partial charge in [-0.1, -0.05) is 32.4 Å². The molecule has 1 aromatic carbocycles. The van der Waals surface area contributed by atoms with Crippen molar-refractivity contribution in [2.75, 3.05) is 47.3 Å². The molecule has 0 spiro atoms. The lowest BCUT2D eigenvalue weighted by Gasteiger charge is -2.31. The van der Waals surface area contributed by atoms with Crippen molar-refractivity contribution in [1.29, 1.82) is 0 Å². The van der Waals surface area contributed by atoms with Gasteiger partial charge in [-0.3, -0.25) is 28.7 Å². The van der Waals surface area contributed by atoms with Crippen molar-refractivity contribution in [2.24, 2.45) is 5.92 Å². The van der Waals surface area contributed by atoms with E-state index in [0.29, 0.717) is 77.5 Å². The zero-order valence-corrected chi connectivity index (χ0v) is 44.3. The van der Waals surface area contributed by atoms with Gasteiger partial charge >= 0.3 is 5.97 Å². The molecule has 4 aromatic heterocycles. The number of cyclic esters (lactones) is 1. The minimum atomic E-state index is -1.96. The molecule has 4 amide bonds. The topological polar surface area (TPSA) is 288 Å². The summed E-state index contributed by atoms with van der Waals surface area (Å²) >= 11 is 5.00. The Kier molecular flexibility index (Phi) is 17.9. The van der Waals surface area contributed by atoms with Gasteiger partial charge in [0.25, 0.3) is 5.56 Å². The number of amides is 4. The minimum absolute atomic E-state index is 0.0217. The number of fused-ring (bicyclic) bond motifs is 6. The normalized spacial score (nSPS) is 16.0. The quantitative estimate of drug-likeness (QED) is 0.0197. The van der Waals surface area contributed by atoms with Crippen LogP contribution in [0.15, 0.2) is 41.6 Å². The molecule has 7 heterocycles. The van der Waals surface area contributed by atoms with Gasteiger partial charge in [0.15, 0.2) is 21.9 Å². The maximum absolute atomic E-state index is 13.9. The molecule has 3 aliphatic rings. The Morgan fingerprint density at radius 3 is 2.51 bits per heavy atom. The smallest absolute Gasteiger partial charge is 0.343 e. The highest BCUT2D eigenvalue weighted by Crippen LogP contribution is 2.43. The lowest BCUT2D eigenvalue weighted by atomic mass is 9.86. The number of aryl methyl sites for hydroxylation is 2. The van der Waals surface area contributed by atoms with Gasteiger partial charge in [-0.15, -0.1) is 5.10 Å². The summed E-state index contributed by atoms with van der Waals surface area (Å²) < 4.78 is 26.1. The highest BCUT2D eigenvalue weighted by atomic mass is 32.1. The second kappa shape index (κ2) is 24.7. The van der Waals surface area contributed by atoms with E-state index in [-0.39, 0.29) is 81.2 Å². The van der Waals surface area contributed by atoms with Crippen molar-refractivity contribution >= 4 is 52.7 Å². The van der Waals surface area contributed by atoms with E-state index in [9.17, 15) is 33.9 Å². The number of pyridine rings is 2. The van der Waals surface area contributed by atoms with Crippen molar-refractivity contribution in [2.45, 2.75) is 122 Å². The highest BCUT2D eigenvalue weighted by Gasteiger charge is 2.45. The number of rotatable bonds is 26. The van der Waals surface area contributed by atoms with Gasteiger partial charge in [0.05, 0.1) is 41.8 Å². The molecular formula is C52H66N12O11S. The summed E-state index contributed by atoms with van der Waals surface area (Å²) in [6, 6.07) is 3.50. The number of unbranched alkanes of at least 4 members (excludes halogenated alkanes) is 3. The number of hydrogen-bond donors (Lipinski definition) is 6. The van der Waals surface area contributed by atoms with Crippen LogP contribution >= 0.6 is 12.2 Å². The summed E-state index contributed by atoms with van der Waals surface area (Å²) in [6.07, 6.45) is 10.2. The lowest BCUT2D eigenvalue weighted by Crippen LogP contribution is -2.56. The SMILES string of the molecule is CC[C@@]1(O)C(=O)OCc2c1cc1n(c2=O)Cc2c-1nc1cc3c(cc1c2CCCOCNC(=O)CNC(=O)[C@H](CCCCN(C)C)NC(=O)[C@@H](NC(=O)CCCCCn1cc(-c2cnc(=S)[nH]c2)nn1)C(C)C)OCO3. The molecule has 5 aromatic rings. The van der Waals surface area contributed by atoms with Crippen LogP contribution in [0.25, 0.3) is 33.5 Å². The van der Waals surface area contributed by atoms with E-state index in [2.05, 4.69) is 41.5 Å². The second-order valence-electron chi connectivity index (χ2n) is 19.9. The molecule has 0 radical (unpaired) electrons. The number of aromatic amines is 1. The van der Waals surface area contributed by atoms with E-state index >= 15 is 0 Å². The van der Waals surface area contributed by atoms with Crippen molar-refractivity contribution < 1.29 is 48.0 Å². The van der Waals surface area contributed by atoms with Crippen LogP contribution < -0.4 is 36.3 Å². The third kappa shape index (κ3) is 12.7. The van der Waals surface area contributed by atoms with Crippen LogP contribution in [-0.2, 0) is 65.2 Å². The zero-order chi connectivity index (χ0) is 54.1. The van der Waals surface area contributed by atoms with Crippen LogP contribution in [-0.4, -0.2) is 134 Å². The number of aliphatic hydroxyl groups is 1. The Labute approximate surface area is 443 Å². The number of carbonyl (C=O) groups excluding carboxylic acids is 5. The number of nitrogens with zero attached hydrogens (tertiary/aromatic N) is 7. The predicted octanol–water partition coefficient (Wildman–Crippen LogP) is 3.28. The summed E-state index contributed by atoms with van der Waals surface area (Å²) in [5.41, 5.74) is 2.93. The molecule has 23 nitrogen and oxygen atoms in total. The summed E-state index contributed by atoms with van der Waals surface area (Å²) in [5, 5.41) is 31.6. The largest absolute Gasteiger partial charge is 0.458 e. The van der Waals surface area contributed by atoms with Crippen LogP contribution in [0.2, 0.25) is 0 Å². The second-order valence-corrected chi connectivity index (χ2v) is 20.2. The first kappa shape index (κ1) is 55.1. The maximum Gasteiger partial charge on any atom is 0.343 e. The molecule has 3 atom stereocenters. The molecule has 24 heteroatoms. The Morgan fingerprint density at radius 2 is 1.76 bits per heavy atom. The number of hydrogen-bond acceptors (Lipinski definition) is 17. The first-order chi connectivity index (χ1) is 36.5. The molecule has 0 aliphatic carbocycles. The Bertz CT molecular complexity index is 3080. The Balaban J connectivity index is 0.809. The van der Waals surface area contributed by atoms with Crippen LogP contribution in [0, 0.1) is 10.7 Å². The Hall–Kier alpha value is -7.15. The van der Waals surface area contributed by atoms with E-state index in [1.807, 2.05) is 45.1 Å². The summed E-state index contributed by atoms with van der Waals surface area (Å²) in [7, 11) is 3.91. The Morgan fingerprint density at radius 1 is 0.961 bits per heavy atom. The van der Waals surface area contributed by atoms with Crippen molar-refractivity contribution in [3.05, 3.63) is 74.2 Å². The first-order valence-corrected chi connectivity index (χ1v) is 26.2. The van der Waals surface area contributed by atoms with Gasteiger partial charge in [-0.2, -0.15) is 0 Å². The number of nitrogens with one attached hydrogen (secondary N) is 5. The van der Waals surface area contributed by atoms with Crippen LogP contribution in [0.4, 0.5) is 0 Å². The molecule has 6 N–H and O–H groups in total. The highest BCUT2D eigenvalue weighted by molar-refractivity contribution is 7.71. The molecule has 0 bridgehead atoms. The van der Waals surface area contributed by atoms with Crippen LogP contribution in [0.3, 0.4) is 0 Å². The van der Waals surface area contributed by atoms with Gasteiger partial charge in [0.1, 0.15) is 31.1 Å². The molecule has 3 aliphatic heterocycles. The molecular weight excluding hydrogens is 1000 g/mol. The van der Waals surface area contributed by atoms with Gasteiger partial charge in [0.2, 0.25) is 30.4 Å².